The van der Waals surface area contributed by atoms with Gasteiger partial charge in [0.15, 0.2) is 12.6 Å². The van der Waals surface area contributed by atoms with Crippen LogP contribution in [0.15, 0.2) is 0 Å². The van der Waals surface area contributed by atoms with E-state index in [9.17, 15) is 30.6 Å². The van der Waals surface area contributed by atoms with Crippen LogP contribution in [0.4, 0.5) is 0 Å². The van der Waals surface area contributed by atoms with E-state index in [0.29, 0.717) is 0 Å². The van der Waals surface area contributed by atoms with Crippen LogP contribution in [0.2, 0.25) is 0 Å². The lowest BCUT2D eigenvalue weighted by Gasteiger charge is -2.45. The zero-order valence-corrected chi connectivity index (χ0v) is 19.2. The predicted molar refractivity (Wildman–Crippen MR) is 112 cm³/mol. The second kappa shape index (κ2) is 15.5. The summed E-state index contributed by atoms with van der Waals surface area (Å²) in [4.78, 5) is 0. The molecule has 2 fully saturated rings. The molecule has 11 nitrogen and oxygen atoms in total. The highest BCUT2D eigenvalue weighted by Gasteiger charge is 2.50. The standard InChI is InChI=1S/C13H24O11.C8H18/c1-21-12-10(20)8(18)11(5(3-15)23-12)24-13-9(19)7(17)6(16)4(2-14)22-13;1-3-5-7-8-6-4-2/h4-20H,2-3H2,1H3;3-8H2,1-2H3/t4-,5-,6-,7+,8-,9-,10-,11-,12-,13?;/m1./s1. The number of methoxy groups -OCH3 is 1. The van der Waals surface area contributed by atoms with Crippen LogP contribution in [0.1, 0.15) is 52.4 Å². The highest BCUT2D eigenvalue weighted by atomic mass is 16.7. The molecule has 0 radical (unpaired) electrons. The van der Waals surface area contributed by atoms with E-state index in [-0.39, 0.29) is 0 Å². The van der Waals surface area contributed by atoms with Crippen molar-refractivity contribution >= 4 is 0 Å². The zero-order valence-electron chi connectivity index (χ0n) is 19.2. The van der Waals surface area contributed by atoms with Crippen LogP contribution in [-0.4, -0.2) is 117 Å². The first-order chi connectivity index (χ1) is 15.3. The highest BCUT2D eigenvalue weighted by Crippen LogP contribution is 2.29. The van der Waals surface area contributed by atoms with Gasteiger partial charge in [-0.25, -0.2) is 0 Å². The normalized spacial score (nSPS) is 39.9. The van der Waals surface area contributed by atoms with Crippen molar-refractivity contribution in [3.8, 4) is 0 Å². The number of aliphatic hydroxyl groups is 7. The molecular formula is C21H42O11. The molecule has 2 heterocycles. The Morgan fingerprint density at radius 2 is 1.12 bits per heavy atom. The molecule has 0 bridgehead atoms. The SMILES string of the molecule is CCCCCCCC.CO[C@@H]1O[C@H](CO)[C@@H](OC2O[C@H](CO)[C@@H](O)[C@H](O)[C@H]2O)[C@H](O)[C@H]1O. The molecular weight excluding hydrogens is 428 g/mol. The van der Waals surface area contributed by atoms with Gasteiger partial charge in [-0.05, 0) is 0 Å². The number of hydrogen-bond donors (Lipinski definition) is 7. The van der Waals surface area contributed by atoms with E-state index in [1.54, 1.807) is 0 Å². The Balaban J connectivity index is 0.000000547. The Kier molecular flexibility index (Phi) is 14.3. The van der Waals surface area contributed by atoms with E-state index in [1.165, 1.54) is 45.6 Å². The van der Waals surface area contributed by atoms with Crippen LogP contribution in [0.25, 0.3) is 0 Å². The van der Waals surface area contributed by atoms with Gasteiger partial charge < -0.3 is 54.7 Å². The van der Waals surface area contributed by atoms with Gasteiger partial charge in [-0.1, -0.05) is 52.4 Å². The molecule has 2 rings (SSSR count). The van der Waals surface area contributed by atoms with Gasteiger partial charge in [0.1, 0.15) is 48.8 Å². The second-order valence-electron chi connectivity index (χ2n) is 8.15. The number of hydrogen-bond acceptors (Lipinski definition) is 11. The van der Waals surface area contributed by atoms with Gasteiger partial charge in [0.2, 0.25) is 0 Å². The highest BCUT2D eigenvalue weighted by molar-refractivity contribution is 4.93. The molecule has 2 saturated heterocycles. The number of unbranched alkanes of at least 4 members (excludes halogenated alkanes) is 5. The van der Waals surface area contributed by atoms with E-state index in [1.807, 2.05) is 0 Å². The molecule has 2 aliphatic heterocycles. The van der Waals surface area contributed by atoms with Gasteiger partial charge in [-0.3, -0.25) is 0 Å². The van der Waals surface area contributed by atoms with E-state index >= 15 is 0 Å². The molecule has 0 aromatic carbocycles. The summed E-state index contributed by atoms with van der Waals surface area (Å²) in [6.45, 7) is 3.27. The fourth-order valence-electron chi connectivity index (χ4n) is 3.60. The second-order valence-corrected chi connectivity index (χ2v) is 8.15. The molecule has 0 spiro atoms. The molecule has 7 N–H and O–H groups in total. The summed E-state index contributed by atoms with van der Waals surface area (Å²) >= 11 is 0. The summed E-state index contributed by atoms with van der Waals surface area (Å²) in [6.07, 6.45) is -5.81. The van der Waals surface area contributed by atoms with Crippen molar-refractivity contribution in [1.82, 2.24) is 0 Å². The van der Waals surface area contributed by atoms with Crippen LogP contribution in [0.3, 0.4) is 0 Å². The van der Waals surface area contributed by atoms with Crippen LogP contribution in [0.5, 0.6) is 0 Å². The van der Waals surface area contributed by atoms with Gasteiger partial charge in [0.05, 0.1) is 13.2 Å². The Labute approximate surface area is 189 Å². The summed E-state index contributed by atoms with van der Waals surface area (Å²) in [5.41, 5.74) is 0. The molecule has 11 heteroatoms. The number of rotatable bonds is 10. The fourth-order valence-corrected chi connectivity index (χ4v) is 3.60. The first-order valence-corrected chi connectivity index (χ1v) is 11.4. The molecule has 32 heavy (non-hydrogen) atoms. The Morgan fingerprint density at radius 1 is 0.625 bits per heavy atom. The number of ether oxygens (including phenoxy) is 4. The molecule has 192 valence electrons. The van der Waals surface area contributed by atoms with Crippen molar-refractivity contribution in [3.63, 3.8) is 0 Å². The van der Waals surface area contributed by atoms with Crippen molar-refractivity contribution < 1.29 is 54.7 Å². The first-order valence-electron chi connectivity index (χ1n) is 11.4. The van der Waals surface area contributed by atoms with Crippen LogP contribution >= 0.6 is 0 Å². The maximum atomic E-state index is 10.2. The van der Waals surface area contributed by atoms with Gasteiger partial charge in [0.25, 0.3) is 0 Å². The average molecular weight is 471 g/mol. The van der Waals surface area contributed by atoms with Gasteiger partial charge >= 0.3 is 0 Å². The largest absolute Gasteiger partial charge is 0.394 e. The maximum absolute atomic E-state index is 10.2. The third-order valence-corrected chi connectivity index (χ3v) is 5.65. The smallest absolute Gasteiger partial charge is 0.187 e. The molecule has 10 atom stereocenters. The van der Waals surface area contributed by atoms with E-state index in [4.69, 9.17) is 24.1 Å². The van der Waals surface area contributed by atoms with Crippen LogP contribution < -0.4 is 0 Å². The minimum atomic E-state index is -1.69. The Bertz CT molecular complexity index is 473. The van der Waals surface area contributed by atoms with Crippen molar-refractivity contribution in [2.75, 3.05) is 20.3 Å². The van der Waals surface area contributed by atoms with Crippen molar-refractivity contribution in [2.24, 2.45) is 0 Å². The lowest BCUT2D eigenvalue weighted by molar-refractivity contribution is -0.357. The molecule has 0 aliphatic carbocycles. The zero-order chi connectivity index (χ0) is 24.3. The maximum Gasteiger partial charge on any atom is 0.187 e. The van der Waals surface area contributed by atoms with E-state index < -0.39 is 74.6 Å². The number of aliphatic hydroxyl groups excluding tert-OH is 7. The fraction of sp³-hybridized carbons (Fsp3) is 1.00. The van der Waals surface area contributed by atoms with Crippen molar-refractivity contribution in [3.05, 3.63) is 0 Å². The molecule has 2 aliphatic rings. The third-order valence-electron chi connectivity index (χ3n) is 5.65. The van der Waals surface area contributed by atoms with Gasteiger partial charge in [-0.15, -0.1) is 0 Å². The van der Waals surface area contributed by atoms with Crippen molar-refractivity contribution in [2.45, 2.75) is 114 Å². The van der Waals surface area contributed by atoms with E-state index in [0.717, 1.165) is 0 Å². The van der Waals surface area contributed by atoms with Gasteiger partial charge in [-0.2, -0.15) is 0 Å². The molecule has 0 amide bonds. The summed E-state index contributed by atoms with van der Waals surface area (Å²) in [6, 6.07) is 0. The summed E-state index contributed by atoms with van der Waals surface area (Å²) in [7, 11) is 1.24. The quantitative estimate of drug-likeness (QED) is 0.187. The molecule has 0 saturated carbocycles. The van der Waals surface area contributed by atoms with Crippen molar-refractivity contribution in [1.29, 1.82) is 0 Å². The topological polar surface area (TPSA) is 179 Å². The molecule has 0 aromatic rings. The van der Waals surface area contributed by atoms with Crippen LogP contribution in [0, 0.1) is 0 Å². The van der Waals surface area contributed by atoms with Gasteiger partial charge in [0, 0.05) is 7.11 Å². The molecule has 1 unspecified atom stereocenters. The van der Waals surface area contributed by atoms with E-state index in [2.05, 4.69) is 13.8 Å². The minimum Gasteiger partial charge on any atom is -0.394 e. The summed E-state index contributed by atoms with van der Waals surface area (Å²) < 4.78 is 20.6. The monoisotopic (exact) mass is 470 g/mol. The predicted octanol–water partition coefficient (Wildman–Crippen LogP) is -1.38. The summed E-state index contributed by atoms with van der Waals surface area (Å²) in [5.74, 6) is 0. The molecule has 0 aromatic heterocycles. The Hall–Kier alpha value is -0.440. The summed E-state index contributed by atoms with van der Waals surface area (Å²) in [5, 5.41) is 68.0. The van der Waals surface area contributed by atoms with Crippen LogP contribution in [-0.2, 0) is 18.9 Å². The Morgan fingerprint density at radius 3 is 1.59 bits per heavy atom. The third kappa shape index (κ3) is 8.10. The lowest BCUT2D eigenvalue weighted by atomic mass is 9.97. The first kappa shape index (κ1) is 29.6. The average Bonchev–Trinajstić information content (AvgIpc) is 2.80. The lowest BCUT2D eigenvalue weighted by Crippen LogP contribution is -2.64. The minimum absolute atomic E-state index is 0.592.